The molecule has 328 valence electrons. The number of para-hydroxylation sites is 2. The molecular weight excluding hydrogens is 826 g/mol. The Labute approximate surface area is 400 Å². The molecule has 3 heteroatoms. The normalized spacial score (nSPS) is 21.0. The molecule has 67 heavy (non-hydrogen) atoms. The molecule has 14 rings (SSSR count). The molecule has 0 amide bonds. The minimum atomic E-state index is 0.158. The summed E-state index contributed by atoms with van der Waals surface area (Å²) in [4.78, 5) is 0. The lowest BCUT2D eigenvalue weighted by Crippen LogP contribution is -2.55. The van der Waals surface area contributed by atoms with Crippen LogP contribution in [0.3, 0.4) is 0 Å². The second-order valence-electron chi connectivity index (χ2n) is 21.6. The number of aryl methyl sites for hydroxylation is 6. The predicted molar refractivity (Wildman–Crippen MR) is 290 cm³/mol. The van der Waals surface area contributed by atoms with Gasteiger partial charge in [0, 0.05) is 31.2 Å². The average molecular weight is 884 g/mol. The third-order valence-corrected chi connectivity index (χ3v) is 18.2. The van der Waals surface area contributed by atoms with Crippen molar-refractivity contribution in [1.82, 2.24) is 4.57 Å². The summed E-state index contributed by atoms with van der Waals surface area (Å²) in [7, 11) is 0. The number of thiophene rings is 1. The molecule has 4 fully saturated rings. The van der Waals surface area contributed by atoms with E-state index in [2.05, 4.69) is 204 Å². The van der Waals surface area contributed by atoms with Crippen molar-refractivity contribution >= 4 is 76.4 Å². The zero-order valence-electron chi connectivity index (χ0n) is 39.8. The maximum Gasteiger partial charge on any atom is 0.242 e. The van der Waals surface area contributed by atoms with Crippen LogP contribution in [0.2, 0.25) is 0 Å². The van der Waals surface area contributed by atoms with Crippen LogP contribution in [0.5, 0.6) is 0 Å². The van der Waals surface area contributed by atoms with E-state index >= 15 is 0 Å². The van der Waals surface area contributed by atoms with Crippen LogP contribution < -0.4 is 16.4 Å². The molecule has 2 heterocycles. The molecule has 0 spiro atoms. The van der Waals surface area contributed by atoms with Crippen LogP contribution >= 0.6 is 11.3 Å². The van der Waals surface area contributed by atoms with E-state index in [0.29, 0.717) is 0 Å². The van der Waals surface area contributed by atoms with E-state index in [-0.39, 0.29) is 17.5 Å². The fourth-order valence-corrected chi connectivity index (χ4v) is 16.1. The summed E-state index contributed by atoms with van der Waals surface area (Å²) in [5.74, 6) is 1.60. The highest BCUT2D eigenvalue weighted by Crippen LogP contribution is 2.66. The maximum atomic E-state index is 2.53. The van der Waals surface area contributed by atoms with Gasteiger partial charge in [-0.15, -0.1) is 11.3 Å². The summed E-state index contributed by atoms with van der Waals surface area (Å²) >= 11 is 1.93. The predicted octanol–water partition coefficient (Wildman–Crippen LogP) is 15.0. The van der Waals surface area contributed by atoms with Gasteiger partial charge in [-0.2, -0.15) is 0 Å². The van der Waals surface area contributed by atoms with E-state index in [1.807, 2.05) is 11.3 Å². The molecule has 0 radical (unpaired) electrons. The zero-order valence-corrected chi connectivity index (χ0v) is 40.7. The molecule has 2 aromatic heterocycles. The number of fused-ring (bicyclic) bond motifs is 6. The van der Waals surface area contributed by atoms with Gasteiger partial charge in [-0.1, -0.05) is 165 Å². The van der Waals surface area contributed by atoms with Gasteiger partial charge >= 0.3 is 0 Å². The van der Waals surface area contributed by atoms with Crippen LogP contribution in [-0.4, -0.2) is 11.3 Å². The van der Waals surface area contributed by atoms with Crippen molar-refractivity contribution in [2.45, 2.75) is 90.9 Å². The van der Waals surface area contributed by atoms with Crippen molar-refractivity contribution in [2.75, 3.05) is 0 Å². The Balaban J connectivity index is 0.834. The third-order valence-electron chi connectivity index (χ3n) is 17.1. The topological polar surface area (TPSA) is 4.93 Å². The third kappa shape index (κ3) is 6.48. The molecule has 4 aliphatic rings. The van der Waals surface area contributed by atoms with E-state index in [1.165, 1.54) is 147 Å². The lowest BCUT2D eigenvalue weighted by Gasteiger charge is -2.63. The van der Waals surface area contributed by atoms with Crippen molar-refractivity contribution in [1.29, 1.82) is 0 Å². The lowest BCUT2D eigenvalue weighted by atomic mass is 9.34. The summed E-state index contributed by atoms with van der Waals surface area (Å²) in [5, 5.41) is 5.38. The molecule has 2 unspecified atom stereocenters. The molecule has 1 nitrogen and oxygen atoms in total. The number of hydrogen-bond donors (Lipinski definition) is 0. The second-order valence-corrected chi connectivity index (χ2v) is 22.7. The van der Waals surface area contributed by atoms with Crippen LogP contribution in [0.15, 0.2) is 158 Å². The van der Waals surface area contributed by atoms with Gasteiger partial charge in [-0.25, -0.2) is 0 Å². The summed E-state index contributed by atoms with van der Waals surface area (Å²) in [6.45, 7) is 13.8. The molecule has 0 saturated heterocycles. The first-order valence-electron chi connectivity index (χ1n) is 24.8. The van der Waals surface area contributed by atoms with E-state index < -0.39 is 0 Å². The van der Waals surface area contributed by atoms with Crippen molar-refractivity contribution in [3.8, 4) is 16.8 Å². The van der Waals surface area contributed by atoms with Crippen molar-refractivity contribution < 1.29 is 0 Å². The molecule has 10 aromatic rings. The quantitative estimate of drug-likeness (QED) is 0.141. The van der Waals surface area contributed by atoms with Gasteiger partial charge in [0.05, 0.1) is 11.0 Å². The first-order valence-corrected chi connectivity index (χ1v) is 25.7. The molecular formula is C64H58BNS. The van der Waals surface area contributed by atoms with Crippen molar-refractivity contribution in [3.05, 3.63) is 202 Å². The highest BCUT2D eigenvalue weighted by atomic mass is 32.1. The summed E-state index contributed by atoms with van der Waals surface area (Å²) in [5.41, 5.74) is 22.5. The zero-order chi connectivity index (χ0) is 45.3. The fourth-order valence-electron chi connectivity index (χ4n) is 15.0. The number of hydrogen-bond acceptors (Lipinski definition) is 1. The minimum Gasteiger partial charge on any atom is -0.309 e. The van der Waals surface area contributed by atoms with Gasteiger partial charge in [0.2, 0.25) is 6.71 Å². The number of rotatable bonds is 7. The van der Waals surface area contributed by atoms with E-state index in [4.69, 9.17) is 0 Å². The van der Waals surface area contributed by atoms with Crippen LogP contribution in [0.25, 0.3) is 58.8 Å². The molecule has 4 aliphatic carbocycles. The lowest BCUT2D eigenvalue weighted by molar-refractivity contribution is -0.0281. The number of nitrogens with zero attached hydrogens (tertiary/aromatic N) is 1. The Hall–Kier alpha value is -6.16. The van der Waals surface area contributed by atoms with Crippen LogP contribution in [0.4, 0.5) is 0 Å². The van der Waals surface area contributed by atoms with Gasteiger partial charge in [0.15, 0.2) is 0 Å². The van der Waals surface area contributed by atoms with E-state index in [1.54, 1.807) is 11.1 Å². The van der Waals surface area contributed by atoms with Crippen LogP contribution in [0, 0.1) is 53.4 Å². The molecule has 8 aromatic carbocycles. The smallest absolute Gasteiger partial charge is 0.242 e. The van der Waals surface area contributed by atoms with Gasteiger partial charge < -0.3 is 4.57 Å². The average Bonchev–Trinajstić information content (AvgIpc) is 3.85. The second kappa shape index (κ2) is 15.2. The molecule has 0 aliphatic heterocycles. The molecule has 4 saturated carbocycles. The maximum absolute atomic E-state index is 2.53. The van der Waals surface area contributed by atoms with E-state index in [0.717, 1.165) is 11.8 Å². The monoisotopic (exact) mass is 883 g/mol. The van der Waals surface area contributed by atoms with Crippen LogP contribution in [0.1, 0.15) is 83.0 Å². The van der Waals surface area contributed by atoms with Gasteiger partial charge in [0.1, 0.15) is 0 Å². The fraction of sp³-hybridized carbons (Fsp3) is 0.250. The van der Waals surface area contributed by atoms with Gasteiger partial charge in [-0.05, 0) is 173 Å². The van der Waals surface area contributed by atoms with Crippen LogP contribution in [-0.2, 0) is 10.8 Å². The molecule has 4 bridgehead atoms. The summed E-state index contributed by atoms with van der Waals surface area (Å²) < 4.78 is 5.18. The first-order chi connectivity index (χ1) is 32.5. The highest BCUT2D eigenvalue weighted by molar-refractivity contribution is 7.25. The van der Waals surface area contributed by atoms with Crippen molar-refractivity contribution in [2.24, 2.45) is 11.8 Å². The minimum absolute atomic E-state index is 0.158. The molecule has 2 atom stereocenters. The summed E-state index contributed by atoms with van der Waals surface area (Å²) in [6, 6.07) is 61.6. The Morgan fingerprint density at radius 1 is 0.463 bits per heavy atom. The number of benzene rings is 8. The Bertz CT molecular complexity index is 3450. The van der Waals surface area contributed by atoms with Gasteiger partial charge in [-0.3, -0.25) is 0 Å². The van der Waals surface area contributed by atoms with Gasteiger partial charge in [0.25, 0.3) is 0 Å². The molecule has 0 N–H and O–H groups in total. The highest BCUT2D eigenvalue weighted by Gasteiger charge is 2.58. The Morgan fingerprint density at radius 2 is 0.925 bits per heavy atom. The summed E-state index contributed by atoms with van der Waals surface area (Å²) in [6.07, 6.45) is 8.02. The standard InChI is InChI=1S/C64H58BNS/c1-39-27-41(3)61(42(4)28-39)65(62-43(5)29-40(2)30-44(62)6)51-22-26-60-56(33-51)55-32-48(17-25-59(55)67-60)47-15-18-49(19-16-47)63-34-45-31-46(35-63)37-64(36-45,38-63)50-20-23-52(24-21-50)66-57-13-9-7-11-53(57)54-12-8-10-14-58(54)66/h7-30,32-33,45-46H,31,34-38H2,1-6H3. The van der Waals surface area contributed by atoms with Crippen molar-refractivity contribution in [3.63, 3.8) is 0 Å². The largest absolute Gasteiger partial charge is 0.309 e. The Morgan fingerprint density at radius 3 is 1.46 bits per heavy atom. The van der Waals surface area contributed by atoms with E-state index in [9.17, 15) is 0 Å². The number of aromatic nitrogens is 1. The Kier molecular flexibility index (Phi) is 9.30. The first kappa shape index (κ1) is 41.1. The SMILES string of the molecule is Cc1cc(C)c(B(c2ccc3sc4ccc(-c5ccc(C67CC8CC(C6)CC(c6ccc(-n9c%10ccccc%10c%10ccccc%109)cc6)(C8)C7)cc5)cc4c3c2)c2c(C)cc(C)cc2C)c(C)c1.